The molecule has 25 heavy (non-hydrogen) atoms. The van der Waals surface area contributed by atoms with Crippen molar-refractivity contribution in [1.29, 1.82) is 0 Å². The molecule has 0 saturated carbocycles. The summed E-state index contributed by atoms with van der Waals surface area (Å²) in [7, 11) is -0.463. The summed E-state index contributed by atoms with van der Waals surface area (Å²) in [6, 6.07) is 5.52. The molecule has 0 radical (unpaired) electrons. The molecule has 0 aliphatic rings. The molecule has 0 bridgehead atoms. The van der Waals surface area contributed by atoms with Gasteiger partial charge in [0.2, 0.25) is 0 Å². The summed E-state index contributed by atoms with van der Waals surface area (Å²) in [6.45, 7) is 13.6. The van der Waals surface area contributed by atoms with Gasteiger partial charge >= 0.3 is 6.18 Å². The van der Waals surface area contributed by atoms with Crippen molar-refractivity contribution in [2.75, 3.05) is 0 Å². The second-order valence-corrected chi connectivity index (χ2v) is 14.3. The Morgan fingerprint density at radius 2 is 1.60 bits per heavy atom. The maximum Gasteiger partial charge on any atom is 0.417 e. The summed E-state index contributed by atoms with van der Waals surface area (Å²) >= 11 is 2.96. The fourth-order valence-corrected chi connectivity index (χ4v) is 10.4. The molecule has 0 aliphatic heterocycles. The van der Waals surface area contributed by atoms with Crippen molar-refractivity contribution in [3.05, 3.63) is 44.3 Å². The molecule has 0 aromatic carbocycles. The van der Waals surface area contributed by atoms with Crippen LogP contribution in [0.1, 0.15) is 62.5 Å². The van der Waals surface area contributed by atoms with Gasteiger partial charge in [-0.15, -0.1) is 22.7 Å². The first kappa shape index (κ1) is 20.9. The third kappa shape index (κ3) is 5.30. The highest BCUT2D eigenvalue weighted by molar-refractivity contribution is 7.61. The van der Waals surface area contributed by atoms with E-state index in [9.17, 15) is 13.2 Å². The maximum atomic E-state index is 13.0. The Hall–Kier alpha value is -0.380. The monoisotopic (exact) mass is 406 g/mol. The Bertz CT molecular complexity index is 659. The number of hydrogen-bond donors (Lipinski definition) is 0. The first-order valence-electron chi connectivity index (χ1n) is 8.27. The summed E-state index contributed by atoms with van der Waals surface area (Å²) in [5.74, 6) is 0. The van der Waals surface area contributed by atoms with Gasteiger partial charge in [0.1, 0.15) is 0 Å². The molecule has 2 heterocycles. The molecule has 0 saturated heterocycles. The number of hydrogen-bond acceptors (Lipinski definition) is 2. The minimum Gasteiger partial charge on any atom is -0.166 e. The van der Waals surface area contributed by atoms with Crippen LogP contribution in [-0.2, 0) is 12.6 Å². The number of rotatable bonds is 4. The summed E-state index contributed by atoms with van der Waals surface area (Å²) in [5.41, 5.74) is -0.247. The first-order chi connectivity index (χ1) is 11.3. The van der Waals surface area contributed by atoms with Gasteiger partial charge in [-0.25, -0.2) is 0 Å². The number of alkyl halides is 3. The Labute approximate surface area is 158 Å². The van der Waals surface area contributed by atoms with Crippen LogP contribution in [0.15, 0.2) is 29.0 Å². The predicted octanol–water partition coefficient (Wildman–Crippen LogP) is 8.19. The lowest BCUT2D eigenvalue weighted by atomic mass is 10.2. The lowest BCUT2D eigenvalue weighted by molar-refractivity contribution is -0.137. The lowest BCUT2D eigenvalue weighted by Gasteiger charge is -2.46. The zero-order valence-electron chi connectivity index (χ0n) is 15.6. The van der Waals surface area contributed by atoms with Crippen LogP contribution in [-0.4, -0.2) is 10.3 Å². The zero-order chi connectivity index (χ0) is 19.0. The fourth-order valence-electron chi connectivity index (χ4n) is 3.57. The summed E-state index contributed by atoms with van der Waals surface area (Å²) in [6.07, 6.45) is -3.58. The van der Waals surface area contributed by atoms with Gasteiger partial charge in [0, 0.05) is 20.8 Å². The maximum absolute atomic E-state index is 13.0. The summed E-state index contributed by atoms with van der Waals surface area (Å²) in [4.78, 5) is 2.12. The van der Waals surface area contributed by atoms with Crippen LogP contribution < -0.4 is 0 Å². The van der Waals surface area contributed by atoms with E-state index in [-0.39, 0.29) is 16.0 Å². The molecule has 2 aromatic rings. The van der Waals surface area contributed by atoms with Crippen molar-refractivity contribution in [2.45, 2.75) is 70.1 Å². The standard InChI is InChI=1S/C19H26F3PS2/c1-17(2,3)23(18(4,5)6)15(16-8-7-9-24-16)11-14-10-13(12-25-14)19(20,21)22/h7-10,12,15H,11H2,1-6H3. The minimum absolute atomic E-state index is 0.117. The van der Waals surface area contributed by atoms with Gasteiger partial charge in [0.25, 0.3) is 0 Å². The SMILES string of the molecule is CC(C)(C)P(C(Cc1cc(C(F)(F)F)cs1)c1cccs1)C(C)(C)C. The van der Waals surface area contributed by atoms with Crippen molar-refractivity contribution in [3.8, 4) is 0 Å². The van der Waals surface area contributed by atoms with Crippen LogP contribution in [0.5, 0.6) is 0 Å². The van der Waals surface area contributed by atoms with Crippen molar-refractivity contribution in [1.82, 2.24) is 0 Å². The topological polar surface area (TPSA) is 0 Å². The average Bonchev–Trinajstić information content (AvgIpc) is 3.04. The second-order valence-electron chi connectivity index (χ2n) is 8.25. The highest BCUT2D eigenvalue weighted by Gasteiger charge is 2.41. The minimum atomic E-state index is -4.26. The molecule has 1 atom stereocenters. The van der Waals surface area contributed by atoms with Crippen molar-refractivity contribution < 1.29 is 13.2 Å². The van der Waals surface area contributed by atoms with Crippen LogP contribution in [0.2, 0.25) is 0 Å². The third-order valence-corrected chi connectivity index (χ3v) is 10.1. The third-order valence-electron chi connectivity index (χ3n) is 4.00. The molecule has 1 unspecified atom stereocenters. The molecular formula is C19H26F3PS2. The second kappa shape index (κ2) is 7.32. The van der Waals surface area contributed by atoms with Crippen LogP contribution in [0.4, 0.5) is 13.2 Å². The van der Waals surface area contributed by atoms with Crippen molar-refractivity contribution >= 4 is 30.6 Å². The Kier molecular flexibility index (Phi) is 6.13. The van der Waals surface area contributed by atoms with Gasteiger partial charge in [0.05, 0.1) is 5.56 Å². The van der Waals surface area contributed by atoms with Crippen LogP contribution in [0, 0.1) is 0 Å². The van der Waals surface area contributed by atoms with Crippen molar-refractivity contribution in [2.24, 2.45) is 0 Å². The van der Waals surface area contributed by atoms with E-state index in [1.807, 2.05) is 6.07 Å². The summed E-state index contributed by atoms with van der Waals surface area (Å²) in [5, 5.41) is 3.55. The van der Waals surface area contributed by atoms with E-state index < -0.39 is 19.7 Å². The van der Waals surface area contributed by atoms with Gasteiger partial charge in [0.15, 0.2) is 0 Å². The molecule has 0 aliphatic carbocycles. The molecule has 2 aromatic heterocycles. The van der Waals surface area contributed by atoms with Crippen molar-refractivity contribution in [3.63, 3.8) is 0 Å². The van der Waals surface area contributed by atoms with E-state index in [4.69, 9.17) is 0 Å². The van der Waals surface area contributed by atoms with E-state index in [0.717, 1.165) is 4.88 Å². The molecule has 0 spiro atoms. The first-order valence-corrected chi connectivity index (χ1v) is 11.4. The molecule has 2 rings (SSSR count). The van der Waals surface area contributed by atoms with E-state index in [1.54, 1.807) is 11.3 Å². The molecule has 0 nitrogen and oxygen atoms in total. The van der Waals surface area contributed by atoms with E-state index in [0.29, 0.717) is 6.42 Å². The van der Waals surface area contributed by atoms with E-state index >= 15 is 0 Å². The Balaban J connectivity index is 2.42. The highest BCUT2D eigenvalue weighted by Crippen LogP contribution is 2.69. The molecule has 140 valence electrons. The number of thiophene rings is 2. The van der Waals surface area contributed by atoms with Gasteiger partial charge in [-0.05, 0) is 34.2 Å². The van der Waals surface area contributed by atoms with Gasteiger partial charge in [-0.1, -0.05) is 55.5 Å². The summed E-state index contributed by atoms with van der Waals surface area (Å²) < 4.78 is 38.9. The Morgan fingerprint density at radius 1 is 1.00 bits per heavy atom. The smallest absolute Gasteiger partial charge is 0.166 e. The molecule has 0 amide bonds. The molecule has 0 N–H and O–H groups in total. The number of halogens is 3. The van der Waals surface area contributed by atoms with Gasteiger partial charge in [-0.2, -0.15) is 13.2 Å². The molecular weight excluding hydrogens is 380 g/mol. The lowest BCUT2D eigenvalue weighted by Crippen LogP contribution is -2.28. The largest absolute Gasteiger partial charge is 0.417 e. The normalized spacial score (nSPS) is 15.0. The quantitative estimate of drug-likeness (QED) is 0.449. The van der Waals surface area contributed by atoms with Crippen LogP contribution in [0.3, 0.4) is 0 Å². The molecule has 6 heteroatoms. The van der Waals surface area contributed by atoms with Gasteiger partial charge in [-0.3, -0.25) is 0 Å². The van der Waals surface area contributed by atoms with Gasteiger partial charge < -0.3 is 0 Å². The average molecular weight is 407 g/mol. The predicted molar refractivity (Wildman–Crippen MR) is 107 cm³/mol. The Morgan fingerprint density at radius 3 is 2.00 bits per heavy atom. The van der Waals surface area contributed by atoms with Crippen LogP contribution in [0.25, 0.3) is 0 Å². The fraction of sp³-hybridized carbons (Fsp3) is 0.579. The van der Waals surface area contributed by atoms with E-state index in [1.165, 1.54) is 27.7 Å². The van der Waals surface area contributed by atoms with E-state index in [2.05, 4.69) is 53.0 Å². The zero-order valence-corrected chi connectivity index (χ0v) is 18.1. The van der Waals surface area contributed by atoms with Crippen LogP contribution >= 0.6 is 30.6 Å². The molecule has 0 fully saturated rings. The highest BCUT2D eigenvalue weighted by atomic mass is 32.1.